The monoisotopic (exact) mass is 213 g/mol. The molecule has 0 saturated heterocycles. The van der Waals surface area contributed by atoms with Crippen LogP contribution < -0.4 is 0 Å². The predicted molar refractivity (Wildman–Crippen MR) is 53.7 cm³/mol. The molecule has 0 radical (unpaired) electrons. The highest BCUT2D eigenvalue weighted by Crippen LogP contribution is 2.13. The van der Waals surface area contributed by atoms with Crippen molar-refractivity contribution in [1.29, 1.82) is 0 Å². The molecule has 1 unspecified atom stereocenters. The number of carbonyl (C=O) groups excluding carboxylic acids is 2. The topological polar surface area (TPSA) is 65.0 Å². The number of cyclic esters (lactones) is 1. The zero-order valence-corrected chi connectivity index (χ0v) is 9.15. The molecular formula is C10H15NO4. The van der Waals surface area contributed by atoms with E-state index in [1.54, 1.807) is 0 Å². The molecule has 1 heterocycles. The molecule has 1 aliphatic heterocycles. The Hall–Kier alpha value is -1.39. The van der Waals surface area contributed by atoms with Gasteiger partial charge in [0.15, 0.2) is 0 Å². The van der Waals surface area contributed by atoms with E-state index in [-0.39, 0.29) is 24.1 Å². The molecule has 5 heteroatoms. The zero-order chi connectivity index (χ0) is 11.4. The second-order valence-electron chi connectivity index (χ2n) is 3.74. The molecule has 0 aromatic rings. The Labute approximate surface area is 88.5 Å². The van der Waals surface area contributed by atoms with E-state index in [9.17, 15) is 9.59 Å². The van der Waals surface area contributed by atoms with Gasteiger partial charge in [-0.3, -0.25) is 9.79 Å². The molecule has 1 aliphatic rings. The van der Waals surface area contributed by atoms with Crippen molar-refractivity contribution in [3.63, 3.8) is 0 Å². The van der Waals surface area contributed by atoms with Crippen molar-refractivity contribution in [3.05, 3.63) is 0 Å². The number of rotatable bonds is 3. The summed E-state index contributed by atoms with van der Waals surface area (Å²) in [6, 6.07) is -0.0534. The Morgan fingerprint density at radius 1 is 1.67 bits per heavy atom. The Kier molecular flexibility index (Phi) is 3.82. The number of esters is 2. The lowest BCUT2D eigenvalue weighted by molar-refractivity contribution is -0.142. The van der Waals surface area contributed by atoms with Crippen molar-refractivity contribution in [2.24, 2.45) is 10.9 Å². The Morgan fingerprint density at radius 2 is 2.33 bits per heavy atom. The van der Waals surface area contributed by atoms with Crippen molar-refractivity contribution >= 4 is 17.7 Å². The number of carbonyl (C=O) groups is 2. The summed E-state index contributed by atoms with van der Waals surface area (Å²) in [6.07, 6.45) is -0.113. The Balaban J connectivity index is 2.73. The molecule has 0 saturated carbocycles. The van der Waals surface area contributed by atoms with E-state index in [2.05, 4.69) is 9.73 Å². The van der Waals surface area contributed by atoms with Crippen LogP contribution >= 0.6 is 0 Å². The van der Waals surface area contributed by atoms with Crippen LogP contribution in [0.25, 0.3) is 0 Å². The van der Waals surface area contributed by atoms with Crippen LogP contribution in [0, 0.1) is 5.92 Å². The lowest BCUT2D eigenvalue weighted by atomic mass is 10.0. The molecule has 0 N–H and O–H groups in total. The molecule has 1 rings (SSSR count). The average Bonchev–Trinajstić information content (AvgIpc) is 2.20. The van der Waals surface area contributed by atoms with Gasteiger partial charge in [0, 0.05) is 0 Å². The summed E-state index contributed by atoms with van der Waals surface area (Å²) >= 11 is 0. The van der Waals surface area contributed by atoms with Crippen LogP contribution in [0.4, 0.5) is 0 Å². The minimum Gasteiger partial charge on any atom is -0.469 e. The minimum atomic E-state index is -0.516. The van der Waals surface area contributed by atoms with Gasteiger partial charge < -0.3 is 9.47 Å². The Morgan fingerprint density at radius 3 is 2.87 bits per heavy atom. The first-order valence-corrected chi connectivity index (χ1v) is 4.85. The highest BCUT2D eigenvalue weighted by atomic mass is 16.5. The van der Waals surface area contributed by atoms with Gasteiger partial charge in [0.25, 0.3) is 0 Å². The third kappa shape index (κ3) is 3.04. The molecule has 0 aliphatic carbocycles. The third-order valence-electron chi connectivity index (χ3n) is 2.25. The standard InChI is InChI=1S/C10H15NO4/c1-6(2)8-5-15-10(13)7(11-8)4-9(12)14-3/h6,8H,4-5H2,1-3H3. The summed E-state index contributed by atoms with van der Waals surface area (Å²) < 4.78 is 9.40. The molecule has 0 bridgehead atoms. The van der Waals surface area contributed by atoms with Crippen molar-refractivity contribution in [2.45, 2.75) is 26.3 Å². The number of aliphatic imine (C=N–C) groups is 1. The first kappa shape index (κ1) is 11.7. The highest BCUT2D eigenvalue weighted by molar-refractivity contribution is 6.39. The van der Waals surface area contributed by atoms with E-state index in [1.807, 2.05) is 13.8 Å². The van der Waals surface area contributed by atoms with Crippen LogP contribution in [0.3, 0.4) is 0 Å². The van der Waals surface area contributed by atoms with Crippen LogP contribution in [0.15, 0.2) is 4.99 Å². The van der Waals surface area contributed by atoms with E-state index in [4.69, 9.17) is 4.74 Å². The summed E-state index contributed by atoms with van der Waals surface area (Å²) in [5.74, 6) is -0.710. The fourth-order valence-electron chi connectivity index (χ4n) is 1.20. The third-order valence-corrected chi connectivity index (χ3v) is 2.25. The van der Waals surface area contributed by atoms with E-state index in [1.165, 1.54) is 7.11 Å². The SMILES string of the molecule is COC(=O)CC1=NC(C(C)C)COC1=O. The van der Waals surface area contributed by atoms with Crippen LogP contribution in [-0.2, 0) is 19.1 Å². The predicted octanol–water partition coefficient (Wildman–Crippen LogP) is 0.572. The van der Waals surface area contributed by atoms with Crippen molar-refractivity contribution in [3.8, 4) is 0 Å². The normalized spacial score (nSPS) is 20.9. The largest absolute Gasteiger partial charge is 0.469 e. The molecule has 0 spiro atoms. The number of ether oxygens (including phenoxy) is 2. The van der Waals surface area contributed by atoms with Crippen molar-refractivity contribution in [2.75, 3.05) is 13.7 Å². The van der Waals surface area contributed by atoms with Gasteiger partial charge in [-0.05, 0) is 5.92 Å². The van der Waals surface area contributed by atoms with E-state index < -0.39 is 11.9 Å². The van der Waals surface area contributed by atoms with Crippen LogP contribution in [0.1, 0.15) is 20.3 Å². The lowest BCUT2D eigenvalue weighted by Crippen LogP contribution is -2.34. The molecule has 15 heavy (non-hydrogen) atoms. The highest BCUT2D eigenvalue weighted by Gasteiger charge is 2.27. The quantitative estimate of drug-likeness (QED) is 0.643. The fraction of sp³-hybridized carbons (Fsp3) is 0.700. The number of methoxy groups -OCH3 is 1. The molecule has 0 amide bonds. The molecule has 84 valence electrons. The second-order valence-corrected chi connectivity index (χ2v) is 3.74. The van der Waals surface area contributed by atoms with Gasteiger partial charge in [0.1, 0.15) is 12.3 Å². The maximum absolute atomic E-state index is 11.3. The maximum atomic E-state index is 11.3. The summed E-state index contributed by atoms with van der Waals surface area (Å²) in [6.45, 7) is 4.27. The second kappa shape index (κ2) is 4.91. The average molecular weight is 213 g/mol. The summed E-state index contributed by atoms with van der Waals surface area (Å²) in [5.41, 5.74) is 0.159. The fourth-order valence-corrected chi connectivity index (χ4v) is 1.20. The lowest BCUT2D eigenvalue weighted by Gasteiger charge is -2.22. The molecule has 5 nitrogen and oxygen atoms in total. The van der Waals surface area contributed by atoms with Crippen LogP contribution in [0.2, 0.25) is 0 Å². The van der Waals surface area contributed by atoms with Crippen LogP contribution in [-0.4, -0.2) is 37.4 Å². The van der Waals surface area contributed by atoms with E-state index in [0.29, 0.717) is 6.61 Å². The van der Waals surface area contributed by atoms with Gasteiger partial charge in [0.05, 0.1) is 19.6 Å². The number of hydrogen-bond donors (Lipinski definition) is 0. The summed E-state index contributed by atoms with van der Waals surface area (Å²) in [5, 5.41) is 0. The van der Waals surface area contributed by atoms with Crippen molar-refractivity contribution < 1.29 is 19.1 Å². The first-order chi connectivity index (χ1) is 7.04. The van der Waals surface area contributed by atoms with Crippen molar-refractivity contribution in [1.82, 2.24) is 0 Å². The molecule has 0 aromatic carbocycles. The molecule has 0 aromatic heterocycles. The summed E-state index contributed by atoms with van der Waals surface area (Å²) in [4.78, 5) is 26.4. The first-order valence-electron chi connectivity index (χ1n) is 4.85. The smallest absolute Gasteiger partial charge is 0.352 e. The van der Waals surface area contributed by atoms with Gasteiger partial charge >= 0.3 is 11.9 Å². The number of hydrogen-bond acceptors (Lipinski definition) is 5. The van der Waals surface area contributed by atoms with Gasteiger partial charge in [-0.25, -0.2) is 4.79 Å². The van der Waals surface area contributed by atoms with E-state index >= 15 is 0 Å². The maximum Gasteiger partial charge on any atom is 0.352 e. The minimum absolute atomic E-state index is 0.0534. The van der Waals surface area contributed by atoms with Gasteiger partial charge in [-0.2, -0.15) is 0 Å². The van der Waals surface area contributed by atoms with Crippen LogP contribution in [0.5, 0.6) is 0 Å². The van der Waals surface area contributed by atoms with Gasteiger partial charge in [0.2, 0.25) is 0 Å². The Bertz CT molecular complexity index is 296. The van der Waals surface area contributed by atoms with Gasteiger partial charge in [-0.1, -0.05) is 13.8 Å². The molecule has 1 atom stereocenters. The molecule has 0 fully saturated rings. The zero-order valence-electron chi connectivity index (χ0n) is 9.15. The molecular weight excluding hydrogens is 198 g/mol. The number of nitrogens with zero attached hydrogens (tertiary/aromatic N) is 1. The van der Waals surface area contributed by atoms with Gasteiger partial charge in [-0.15, -0.1) is 0 Å². The van der Waals surface area contributed by atoms with E-state index in [0.717, 1.165) is 0 Å². The summed E-state index contributed by atoms with van der Waals surface area (Å²) in [7, 11) is 1.27.